The Bertz CT molecular complexity index is 1040. The lowest BCUT2D eigenvalue weighted by atomic mass is 9.96. The van der Waals surface area contributed by atoms with Crippen LogP contribution in [0.4, 0.5) is 10.8 Å². The number of likely N-dealkylation sites (tertiary alicyclic amines) is 1. The maximum Gasteiger partial charge on any atom is 0.241 e. The molecule has 3 aromatic rings. The van der Waals surface area contributed by atoms with Crippen molar-refractivity contribution in [2.45, 2.75) is 32.4 Å². The third-order valence-corrected chi connectivity index (χ3v) is 6.47. The number of piperidine rings is 1. The van der Waals surface area contributed by atoms with Crippen LogP contribution in [-0.2, 0) is 16.2 Å². The third-order valence-electron chi connectivity index (χ3n) is 5.78. The molecule has 0 spiro atoms. The molecule has 0 aliphatic carbocycles. The lowest BCUT2D eigenvalue weighted by molar-refractivity contribution is -0.125. The molecule has 1 aromatic heterocycles. The average molecular weight is 465 g/mol. The molecule has 1 saturated heterocycles. The smallest absolute Gasteiger partial charge is 0.241 e. The van der Waals surface area contributed by atoms with Gasteiger partial charge in [0.05, 0.1) is 12.0 Å². The number of ether oxygens (including phenoxy) is 1. The van der Waals surface area contributed by atoms with E-state index in [1.807, 2.05) is 66.9 Å². The number of thiazole rings is 1. The van der Waals surface area contributed by atoms with Crippen molar-refractivity contribution in [3.05, 3.63) is 71.7 Å². The lowest BCUT2D eigenvalue weighted by Crippen LogP contribution is -2.49. The normalized spacial score (nSPS) is 17.2. The largest absolute Gasteiger partial charge is 0.489 e. The van der Waals surface area contributed by atoms with E-state index in [9.17, 15) is 9.59 Å². The molecular weight excluding hydrogens is 436 g/mol. The molecule has 7 nitrogen and oxygen atoms in total. The summed E-state index contributed by atoms with van der Waals surface area (Å²) in [6, 6.07) is 17.0. The number of nitrogens with zero attached hydrogens (tertiary/aromatic N) is 2. The molecule has 2 N–H and O–H groups in total. The van der Waals surface area contributed by atoms with Crippen LogP contribution in [0.2, 0.25) is 0 Å². The fraction of sp³-hybridized carbons (Fsp3) is 0.320. The van der Waals surface area contributed by atoms with Crippen molar-refractivity contribution in [2.75, 3.05) is 23.7 Å². The van der Waals surface area contributed by atoms with Gasteiger partial charge >= 0.3 is 0 Å². The number of nitrogens with one attached hydrogen (secondary N) is 2. The van der Waals surface area contributed by atoms with Crippen molar-refractivity contribution < 1.29 is 14.3 Å². The van der Waals surface area contributed by atoms with Gasteiger partial charge in [-0.05, 0) is 56.1 Å². The predicted molar refractivity (Wildman–Crippen MR) is 130 cm³/mol. The van der Waals surface area contributed by atoms with Crippen molar-refractivity contribution in [2.24, 2.45) is 5.92 Å². The lowest BCUT2D eigenvalue weighted by Gasteiger charge is -2.35. The molecule has 2 aromatic carbocycles. The predicted octanol–water partition coefficient (Wildman–Crippen LogP) is 4.40. The van der Waals surface area contributed by atoms with Crippen molar-refractivity contribution in [3.63, 3.8) is 0 Å². The van der Waals surface area contributed by atoms with Crippen molar-refractivity contribution >= 4 is 34.0 Å². The van der Waals surface area contributed by atoms with E-state index in [0.29, 0.717) is 24.0 Å². The summed E-state index contributed by atoms with van der Waals surface area (Å²) in [7, 11) is 0. The topological polar surface area (TPSA) is 83.6 Å². The number of carbonyl (C=O) groups is 2. The first-order valence-corrected chi connectivity index (χ1v) is 12.0. The van der Waals surface area contributed by atoms with Crippen LogP contribution in [0.25, 0.3) is 0 Å². The summed E-state index contributed by atoms with van der Waals surface area (Å²) in [5, 5.41) is 8.29. The van der Waals surface area contributed by atoms with E-state index in [0.717, 1.165) is 30.7 Å². The molecule has 0 bridgehead atoms. The highest BCUT2D eigenvalue weighted by Gasteiger charge is 2.31. The highest BCUT2D eigenvalue weighted by atomic mass is 32.1. The number of rotatable bonds is 8. The Morgan fingerprint density at radius 2 is 1.94 bits per heavy atom. The van der Waals surface area contributed by atoms with Crippen molar-refractivity contribution in [1.82, 2.24) is 9.88 Å². The average Bonchev–Trinajstić information content (AvgIpc) is 3.37. The monoisotopic (exact) mass is 464 g/mol. The molecule has 2 amide bonds. The van der Waals surface area contributed by atoms with Gasteiger partial charge in [-0.15, -0.1) is 11.3 Å². The second kappa shape index (κ2) is 11.1. The number of amides is 2. The molecule has 1 aliphatic heterocycles. The Morgan fingerprint density at radius 3 is 2.67 bits per heavy atom. The van der Waals surface area contributed by atoms with Crippen LogP contribution in [0.15, 0.2) is 66.2 Å². The van der Waals surface area contributed by atoms with Crippen LogP contribution in [0.5, 0.6) is 5.75 Å². The minimum atomic E-state index is -0.338. The van der Waals surface area contributed by atoms with E-state index >= 15 is 0 Å². The number of carbonyl (C=O) groups excluding carboxylic acids is 2. The summed E-state index contributed by atoms with van der Waals surface area (Å²) in [6.45, 7) is 3.73. The van der Waals surface area contributed by atoms with Gasteiger partial charge in [0.15, 0.2) is 5.13 Å². The summed E-state index contributed by atoms with van der Waals surface area (Å²) < 4.78 is 5.80. The molecule has 172 valence electrons. The van der Waals surface area contributed by atoms with Crippen LogP contribution < -0.4 is 15.4 Å². The Labute approximate surface area is 197 Å². The third kappa shape index (κ3) is 6.40. The van der Waals surface area contributed by atoms with Crippen LogP contribution in [0, 0.1) is 5.92 Å². The van der Waals surface area contributed by atoms with Crippen LogP contribution in [-0.4, -0.2) is 40.8 Å². The maximum atomic E-state index is 12.8. The van der Waals surface area contributed by atoms with E-state index in [4.69, 9.17) is 4.74 Å². The van der Waals surface area contributed by atoms with Gasteiger partial charge in [0, 0.05) is 23.8 Å². The van der Waals surface area contributed by atoms with Crippen LogP contribution >= 0.6 is 11.3 Å². The molecule has 2 unspecified atom stereocenters. The fourth-order valence-corrected chi connectivity index (χ4v) is 4.38. The molecule has 33 heavy (non-hydrogen) atoms. The molecule has 1 aliphatic rings. The molecule has 2 heterocycles. The standard InChI is InChI=1S/C25H28N4O3S/c1-18(29-14-5-8-20(16-29)24(31)28-25-26-13-15-33-25)23(30)27-21-9-11-22(12-10-21)32-17-19-6-3-2-4-7-19/h2-4,6-7,9-13,15,18,20H,5,8,14,16-17H2,1H3,(H,27,30)(H,26,28,31). The summed E-state index contributed by atoms with van der Waals surface area (Å²) in [6.07, 6.45) is 3.36. The Morgan fingerprint density at radius 1 is 1.15 bits per heavy atom. The summed E-state index contributed by atoms with van der Waals surface area (Å²) in [5.41, 5.74) is 1.82. The number of hydrogen-bond acceptors (Lipinski definition) is 6. The molecule has 0 radical (unpaired) electrons. The minimum absolute atomic E-state index is 0.0339. The van der Waals surface area contributed by atoms with Crippen molar-refractivity contribution in [1.29, 1.82) is 0 Å². The molecule has 0 saturated carbocycles. The van der Waals surface area contributed by atoms with Crippen LogP contribution in [0.3, 0.4) is 0 Å². The first kappa shape index (κ1) is 22.9. The zero-order chi connectivity index (χ0) is 23.0. The van der Waals surface area contributed by atoms with Gasteiger partial charge in [0.1, 0.15) is 12.4 Å². The fourth-order valence-electron chi connectivity index (χ4n) is 3.85. The van der Waals surface area contributed by atoms with Gasteiger partial charge in [0.25, 0.3) is 0 Å². The summed E-state index contributed by atoms with van der Waals surface area (Å²) in [4.78, 5) is 31.6. The Hall–Kier alpha value is -3.23. The minimum Gasteiger partial charge on any atom is -0.489 e. The number of benzene rings is 2. The number of anilines is 2. The summed E-state index contributed by atoms with van der Waals surface area (Å²) in [5.74, 6) is 0.469. The molecular formula is C25H28N4O3S. The van der Waals surface area contributed by atoms with Gasteiger partial charge < -0.3 is 15.4 Å². The van der Waals surface area contributed by atoms with E-state index in [1.165, 1.54) is 11.3 Å². The van der Waals surface area contributed by atoms with E-state index < -0.39 is 0 Å². The highest BCUT2D eigenvalue weighted by molar-refractivity contribution is 7.13. The Kier molecular flexibility index (Phi) is 7.70. The van der Waals surface area contributed by atoms with E-state index in [1.54, 1.807) is 6.20 Å². The summed E-state index contributed by atoms with van der Waals surface area (Å²) >= 11 is 1.40. The zero-order valence-corrected chi connectivity index (χ0v) is 19.4. The SMILES string of the molecule is CC(C(=O)Nc1ccc(OCc2ccccc2)cc1)N1CCCC(C(=O)Nc2nccs2)C1. The molecule has 2 atom stereocenters. The number of hydrogen-bond donors (Lipinski definition) is 2. The quantitative estimate of drug-likeness (QED) is 0.516. The van der Waals surface area contributed by atoms with E-state index in [-0.39, 0.29) is 23.8 Å². The zero-order valence-electron chi connectivity index (χ0n) is 18.6. The first-order valence-electron chi connectivity index (χ1n) is 11.1. The van der Waals surface area contributed by atoms with E-state index in [2.05, 4.69) is 20.5 Å². The second-order valence-corrected chi connectivity index (χ2v) is 9.02. The van der Waals surface area contributed by atoms with Gasteiger partial charge in [-0.25, -0.2) is 4.98 Å². The van der Waals surface area contributed by atoms with Gasteiger partial charge in [-0.2, -0.15) is 0 Å². The van der Waals surface area contributed by atoms with Crippen molar-refractivity contribution in [3.8, 4) is 5.75 Å². The maximum absolute atomic E-state index is 12.8. The number of aromatic nitrogens is 1. The molecule has 1 fully saturated rings. The van der Waals surface area contributed by atoms with Gasteiger partial charge in [-0.3, -0.25) is 14.5 Å². The first-order chi connectivity index (χ1) is 16.1. The van der Waals surface area contributed by atoms with Crippen LogP contribution in [0.1, 0.15) is 25.3 Å². The highest BCUT2D eigenvalue weighted by Crippen LogP contribution is 2.22. The Balaban J connectivity index is 1.27. The second-order valence-electron chi connectivity index (χ2n) is 8.12. The molecule has 4 rings (SSSR count). The van der Waals surface area contributed by atoms with Gasteiger partial charge in [-0.1, -0.05) is 30.3 Å². The van der Waals surface area contributed by atoms with Gasteiger partial charge in [0.2, 0.25) is 11.8 Å². The molecule has 8 heteroatoms.